The molecule has 1 aromatic rings. The van der Waals surface area contributed by atoms with Crippen LogP contribution in [0.4, 0.5) is 0 Å². The van der Waals surface area contributed by atoms with Gasteiger partial charge in [-0.25, -0.2) is 0 Å². The minimum atomic E-state index is 0.290. The van der Waals surface area contributed by atoms with Crippen LogP contribution in [0.1, 0.15) is 38.3 Å². The number of nitrogens with one attached hydrogen (secondary N) is 1. The number of rotatable bonds is 2. The maximum atomic E-state index is 4.72. The fraction of sp³-hybridized carbons (Fsp3) is 0.562. The Balaban J connectivity index is 1.67. The van der Waals surface area contributed by atoms with E-state index in [0.717, 1.165) is 29.4 Å². The molecule has 0 amide bonds. The lowest BCUT2D eigenvalue weighted by Crippen LogP contribution is -2.48. The molecule has 0 aromatic heterocycles. The molecule has 3 nitrogen and oxygen atoms in total. The van der Waals surface area contributed by atoms with Crippen molar-refractivity contribution in [1.29, 1.82) is 0 Å². The summed E-state index contributed by atoms with van der Waals surface area (Å²) in [6.07, 6.45) is 2.62. The number of guanidine groups is 1. The summed E-state index contributed by atoms with van der Waals surface area (Å²) in [5, 5.41) is 3.59. The van der Waals surface area contributed by atoms with E-state index in [1.54, 1.807) is 0 Å². The molecule has 1 aromatic carbocycles. The van der Waals surface area contributed by atoms with E-state index in [0.29, 0.717) is 6.04 Å². The highest BCUT2D eigenvalue weighted by atomic mass is 79.9. The van der Waals surface area contributed by atoms with Gasteiger partial charge in [0.2, 0.25) is 0 Å². The molecule has 0 spiro atoms. The van der Waals surface area contributed by atoms with E-state index in [1.807, 2.05) is 0 Å². The first-order chi connectivity index (χ1) is 9.63. The van der Waals surface area contributed by atoms with Crippen LogP contribution in [-0.4, -0.2) is 30.0 Å². The minimum absolute atomic E-state index is 0.290. The summed E-state index contributed by atoms with van der Waals surface area (Å²) in [6.45, 7) is 6.64. The van der Waals surface area contributed by atoms with Crippen molar-refractivity contribution in [2.75, 3.05) is 13.1 Å². The van der Waals surface area contributed by atoms with Crippen LogP contribution in [-0.2, 0) is 0 Å². The van der Waals surface area contributed by atoms with Crippen molar-refractivity contribution >= 4 is 21.9 Å². The number of aliphatic imine (C=N–C) groups is 1. The van der Waals surface area contributed by atoms with Crippen LogP contribution < -0.4 is 5.32 Å². The van der Waals surface area contributed by atoms with E-state index in [9.17, 15) is 0 Å². The molecule has 1 N–H and O–H groups in total. The SMILES string of the molecule is CC1CCC2CN=C(N[C@H](C)c3ccc(Br)cc3)N2C1. The van der Waals surface area contributed by atoms with Gasteiger partial charge in [0.25, 0.3) is 0 Å². The van der Waals surface area contributed by atoms with Crippen LogP contribution in [0, 0.1) is 5.92 Å². The number of fused-ring (bicyclic) bond motifs is 1. The van der Waals surface area contributed by atoms with Gasteiger partial charge in [-0.1, -0.05) is 35.0 Å². The summed E-state index contributed by atoms with van der Waals surface area (Å²) in [5.41, 5.74) is 1.30. The van der Waals surface area contributed by atoms with E-state index < -0.39 is 0 Å². The summed E-state index contributed by atoms with van der Waals surface area (Å²) >= 11 is 3.48. The van der Waals surface area contributed by atoms with Crippen molar-refractivity contribution in [3.8, 4) is 0 Å². The van der Waals surface area contributed by atoms with Gasteiger partial charge in [0, 0.05) is 11.0 Å². The fourth-order valence-electron chi connectivity index (χ4n) is 3.10. The van der Waals surface area contributed by atoms with Crippen LogP contribution in [0.15, 0.2) is 33.7 Å². The highest BCUT2D eigenvalue weighted by molar-refractivity contribution is 9.10. The third-order valence-corrected chi connectivity index (χ3v) is 4.91. The molecule has 0 saturated carbocycles. The molecule has 108 valence electrons. The van der Waals surface area contributed by atoms with Crippen LogP contribution in [0.5, 0.6) is 0 Å². The summed E-state index contributed by atoms with van der Waals surface area (Å²) in [5.74, 6) is 1.87. The smallest absolute Gasteiger partial charge is 0.194 e. The molecule has 2 aliphatic rings. The molecule has 0 bridgehead atoms. The Hall–Kier alpha value is -1.03. The molecule has 0 radical (unpaired) electrons. The predicted octanol–water partition coefficient (Wildman–Crippen LogP) is 3.57. The summed E-state index contributed by atoms with van der Waals surface area (Å²) in [4.78, 5) is 7.20. The lowest BCUT2D eigenvalue weighted by atomic mass is 9.95. The van der Waals surface area contributed by atoms with Gasteiger partial charge < -0.3 is 10.2 Å². The normalized spacial score (nSPS) is 26.9. The Morgan fingerprint density at radius 3 is 2.80 bits per heavy atom. The third kappa shape index (κ3) is 2.85. The second-order valence-electron chi connectivity index (χ2n) is 6.07. The first-order valence-electron chi connectivity index (χ1n) is 7.46. The largest absolute Gasteiger partial charge is 0.350 e. The van der Waals surface area contributed by atoms with Crippen molar-refractivity contribution in [3.63, 3.8) is 0 Å². The number of piperidine rings is 1. The standard InChI is InChI=1S/C16H22BrN3/c1-11-3-8-15-9-18-16(20(15)10-11)19-12(2)13-4-6-14(17)7-5-13/h4-7,11-12,15H,3,8-10H2,1-2H3,(H,18,19)/t11?,12-,15?/m1/s1. The van der Waals surface area contributed by atoms with Crippen molar-refractivity contribution < 1.29 is 0 Å². The zero-order valence-corrected chi connectivity index (χ0v) is 13.7. The van der Waals surface area contributed by atoms with Crippen molar-refractivity contribution in [3.05, 3.63) is 34.3 Å². The van der Waals surface area contributed by atoms with Crippen molar-refractivity contribution in [1.82, 2.24) is 10.2 Å². The molecular weight excluding hydrogens is 314 g/mol. The van der Waals surface area contributed by atoms with Gasteiger partial charge in [-0.05, 0) is 43.4 Å². The lowest BCUT2D eigenvalue weighted by molar-refractivity contribution is 0.210. The average Bonchev–Trinajstić information content (AvgIpc) is 2.82. The third-order valence-electron chi connectivity index (χ3n) is 4.38. The molecule has 3 rings (SSSR count). The number of halogens is 1. The van der Waals surface area contributed by atoms with Gasteiger partial charge in [-0.15, -0.1) is 0 Å². The van der Waals surface area contributed by atoms with Gasteiger partial charge in [0.1, 0.15) is 0 Å². The minimum Gasteiger partial charge on any atom is -0.350 e. The van der Waals surface area contributed by atoms with E-state index in [2.05, 4.69) is 64.3 Å². The fourth-order valence-corrected chi connectivity index (χ4v) is 3.36. The lowest BCUT2D eigenvalue weighted by Gasteiger charge is -2.36. The van der Waals surface area contributed by atoms with E-state index in [4.69, 9.17) is 4.99 Å². The first kappa shape index (κ1) is 13.9. The zero-order chi connectivity index (χ0) is 14.1. The Morgan fingerprint density at radius 1 is 1.30 bits per heavy atom. The highest BCUT2D eigenvalue weighted by Crippen LogP contribution is 2.26. The van der Waals surface area contributed by atoms with Gasteiger partial charge in [-0.3, -0.25) is 4.99 Å². The molecule has 0 aliphatic carbocycles. The maximum Gasteiger partial charge on any atom is 0.194 e. The molecule has 20 heavy (non-hydrogen) atoms. The summed E-state index contributed by atoms with van der Waals surface area (Å²) in [7, 11) is 0. The van der Waals surface area contributed by atoms with E-state index >= 15 is 0 Å². The predicted molar refractivity (Wildman–Crippen MR) is 86.9 cm³/mol. The van der Waals surface area contributed by atoms with Crippen LogP contribution in [0.3, 0.4) is 0 Å². The molecule has 2 aliphatic heterocycles. The Kier molecular flexibility index (Phi) is 4.01. The number of nitrogens with zero attached hydrogens (tertiary/aromatic N) is 2. The topological polar surface area (TPSA) is 27.6 Å². The Labute approximate surface area is 129 Å². The van der Waals surface area contributed by atoms with E-state index in [-0.39, 0.29) is 6.04 Å². The summed E-state index contributed by atoms with van der Waals surface area (Å²) in [6, 6.07) is 9.43. The molecule has 2 heterocycles. The first-order valence-corrected chi connectivity index (χ1v) is 8.26. The molecule has 1 saturated heterocycles. The molecular formula is C16H22BrN3. The Bertz CT molecular complexity index is 497. The van der Waals surface area contributed by atoms with Gasteiger partial charge in [0.15, 0.2) is 5.96 Å². The van der Waals surface area contributed by atoms with E-state index in [1.165, 1.54) is 18.4 Å². The van der Waals surface area contributed by atoms with Crippen molar-refractivity contribution in [2.45, 2.75) is 38.8 Å². The summed E-state index contributed by atoms with van der Waals surface area (Å²) < 4.78 is 1.12. The monoisotopic (exact) mass is 335 g/mol. The van der Waals surface area contributed by atoms with Gasteiger partial charge >= 0.3 is 0 Å². The average molecular weight is 336 g/mol. The number of hydrogen-bond donors (Lipinski definition) is 1. The Morgan fingerprint density at radius 2 is 2.05 bits per heavy atom. The quantitative estimate of drug-likeness (QED) is 0.894. The van der Waals surface area contributed by atoms with Crippen LogP contribution in [0.25, 0.3) is 0 Å². The van der Waals surface area contributed by atoms with Crippen LogP contribution >= 0.6 is 15.9 Å². The second-order valence-corrected chi connectivity index (χ2v) is 6.99. The highest BCUT2D eigenvalue weighted by Gasteiger charge is 2.33. The van der Waals surface area contributed by atoms with Crippen LogP contribution in [0.2, 0.25) is 0 Å². The van der Waals surface area contributed by atoms with Gasteiger partial charge in [-0.2, -0.15) is 0 Å². The van der Waals surface area contributed by atoms with Gasteiger partial charge in [0.05, 0.1) is 18.6 Å². The molecule has 1 fully saturated rings. The van der Waals surface area contributed by atoms with Crippen molar-refractivity contribution in [2.24, 2.45) is 10.9 Å². The molecule has 2 unspecified atom stereocenters. The number of benzene rings is 1. The number of hydrogen-bond acceptors (Lipinski definition) is 3. The second kappa shape index (κ2) is 5.76. The maximum absolute atomic E-state index is 4.72. The molecule has 3 atom stereocenters. The zero-order valence-electron chi connectivity index (χ0n) is 12.1. The molecule has 4 heteroatoms.